The maximum Gasteiger partial charge on any atom is 0.407 e. The zero-order valence-electron chi connectivity index (χ0n) is 21.7. The first kappa shape index (κ1) is 26.2. The Bertz CT molecular complexity index is 1340. The van der Waals surface area contributed by atoms with Crippen molar-refractivity contribution in [2.24, 2.45) is 5.92 Å². The second-order valence-electron chi connectivity index (χ2n) is 10.2. The molecule has 11 nitrogen and oxygen atoms in total. The third kappa shape index (κ3) is 6.34. The Labute approximate surface area is 226 Å². The minimum absolute atomic E-state index is 0.0419. The van der Waals surface area contributed by atoms with Crippen molar-refractivity contribution >= 4 is 23.6 Å². The monoisotopic (exact) mass is 528 g/mol. The van der Waals surface area contributed by atoms with Crippen molar-refractivity contribution in [3.05, 3.63) is 54.5 Å². The lowest BCUT2D eigenvalue weighted by Gasteiger charge is -2.30. The molecule has 3 aromatic rings. The van der Waals surface area contributed by atoms with Crippen molar-refractivity contribution in [2.75, 3.05) is 18.4 Å². The van der Waals surface area contributed by atoms with E-state index in [2.05, 4.69) is 31.8 Å². The number of carboxylic acid groups (broad SMARTS) is 1. The molecule has 0 radical (unpaired) electrons. The summed E-state index contributed by atoms with van der Waals surface area (Å²) in [7, 11) is 0. The number of anilines is 2. The predicted octanol–water partition coefficient (Wildman–Crippen LogP) is 4.60. The summed E-state index contributed by atoms with van der Waals surface area (Å²) in [5.74, 6) is 0.722. The van der Waals surface area contributed by atoms with Gasteiger partial charge in [-0.25, -0.2) is 14.8 Å². The van der Waals surface area contributed by atoms with Crippen LogP contribution in [0.5, 0.6) is 0 Å². The van der Waals surface area contributed by atoms with Crippen molar-refractivity contribution in [1.82, 2.24) is 30.0 Å². The van der Waals surface area contributed by atoms with E-state index < -0.39 is 6.09 Å². The molecule has 2 aliphatic rings. The number of hydrogen-bond acceptors (Lipinski definition) is 7. The summed E-state index contributed by atoms with van der Waals surface area (Å²) in [5.41, 5.74) is 2.86. The van der Waals surface area contributed by atoms with E-state index in [1.165, 1.54) is 17.7 Å². The highest BCUT2D eigenvalue weighted by molar-refractivity contribution is 5.94. The number of piperidine rings is 1. The van der Waals surface area contributed by atoms with Crippen LogP contribution in [0.2, 0.25) is 0 Å². The molecule has 5 rings (SSSR count). The van der Waals surface area contributed by atoms with Gasteiger partial charge in [-0.05, 0) is 61.9 Å². The molecule has 2 aromatic heterocycles. The van der Waals surface area contributed by atoms with E-state index in [1.807, 2.05) is 16.9 Å². The number of benzene rings is 1. The molecule has 202 valence electrons. The standard InChI is InChI=1S/C28H32N8O3/c29-13-9-25(19-3-1-2-4-19)36-18-21(17-31-36)24-10-14-30-27(34-24)33-22-7-5-20(6-8-22)26(37)32-23-11-15-35(16-12-23)28(38)39/h5-8,10,14,17-19,23,25H,1-4,9,11-12,15-16H2,(H,32,37)(H,38,39)(H,30,33,34). The molecule has 3 heterocycles. The van der Waals surface area contributed by atoms with Crippen molar-refractivity contribution in [1.29, 1.82) is 5.26 Å². The molecular weight excluding hydrogens is 496 g/mol. The number of hydrogen-bond donors (Lipinski definition) is 3. The van der Waals surface area contributed by atoms with Gasteiger partial charge in [-0.15, -0.1) is 0 Å². The third-order valence-corrected chi connectivity index (χ3v) is 7.64. The number of nitrogens with zero attached hydrogens (tertiary/aromatic N) is 6. The maximum absolute atomic E-state index is 12.7. The van der Waals surface area contributed by atoms with Crippen LogP contribution in [-0.4, -0.2) is 60.9 Å². The van der Waals surface area contributed by atoms with E-state index >= 15 is 0 Å². The molecular formula is C28H32N8O3. The molecule has 1 atom stereocenters. The Morgan fingerprint density at radius 3 is 2.54 bits per heavy atom. The zero-order chi connectivity index (χ0) is 27.2. The lowest BCUT2D eigenvalue weighted by Crippen LogP contribution is -2.46. The van der Waals surface area contributed by atoms with Crippen LogP contribution in [0.3, 0.4) is 0 Å². The van der Waals surface area contributed by atoms with Crippen LogP contribution >= 0.6 is 0 Å². The lowest BCUT2D eigenvalue weighted by atomic mass is 9.96. The SMILES string of the molecule is N#CCC(C1CCCC1)n1cc(-c2ccnc(Nc3ccc(C(=O)NC4CCN(C(=O)O)CC4)cc3)n2)cn1. The number of amides is 2. The smallest absolute Gasteiger partial charge is 0.407 e. The fraction of sp³-hybridized carbons (Fsp3) is 0.429. The fourth-order valence-electron chi connectivity index (χ4n) is 5.46. The molecule has 1 aliphatic heterocycles. The number of likely N-dealkylation sites (tertiary alicyclic amines) is 1. The van der Waals surface area contributed by atoms with Gasteiger partial charge in [0.25, 0.3) is 5.91 Å². The summed E-state index contributed by atoms with van der Waals surface area (Å²) in [6, 6.07) is 11.2. The number of carbonyl (C=O) groups excluding carboxylic acids is 1. The molecule has 1 saturated heterocycles. The lowest BCUT2D eigenvalue weighted by molar-refractivity contribution is 0.0907. The number of aromatic nitrogens is 4. The zero-order valence-corrected chi connectivity index (χ0v) is 21.7. The van der Waals surface area contributed by atoms with Crippen LogP contribution in [0.4, 0.5) is 16.4 Å². The molecule has 1 saturated carbocycles. The summed E-state index contributed by atoms with van der Waals surface area (Å²) in [6.07, 6.45) is 10.8. The highest BCUT2D eigenvalue weighted by atomic mass is 16.4. The van der Waals surface area contributed by atoms with Gasteiger partial charge in [0.1, 0.15) is 0 Å². The molecule has 1 aliphatic carbocycles. The van der Waals surface area contributed by atoms with Crippen LogP contribution in [0.15, 0.2) is 48.9 Å². The molecule has 39 heavy (non-hydrogen) atoms. The first-order valence-electron chi connectivity index (χ1n) is 13.4. The van der Waals surface area contributed by atoms with Gasteiger partial charge in [0, 0.05) is 48.3 Å². The Morgan fingerprint density at radius 2 is 1.85 bits per heavy atom. The maximum atomic E-state index is 12.7. The van der Waals surface area contributed by atoms with Crippen LogP contribution < -0.4 is 10.6 Å². The Kier molecular flexibility index (Phi) is 8.01. The average molecular weight is 529 g/mol. The van der Waals surface area contributed by atoms with E-state index in [0.717, 1.165) is 29.8 Å². The second-order valence-corrected chi connectivity index (χ2v) is 10.2. The highest BCUT2D eigenvalue weighted by Gasteiger charge is 2.27. The fourth-order valence-corrected chi connectivity index (χ4v) is 5.46. The Balaban J connectivity index is 1.20. The minimum atomic E-state index is -0.920. The van der Waals surface area contributed by atoms with Crippen LogP contribution in [-0.2, 0) is 0 Å². The van der Waals surface area contributed by atoms with Gasteiger partial charge in [0.15, 0.2) is 0 Å². The summed E-state index contributed by atoms with van der Waals surface area (Å²) in [6.45, 7) is 0.841. The molecule has 11 heteroatoms. The van der Waals surface area contributed by atoms with E-state index in [9.17, 15) is 14.9 Å². The Hall–Kier alpha value is -4.46. The molecule has 2 amide bonds. The molecule has 0 bridgehead atoms. The second kappa shape index (κ2) is 11.9. The van der Waals surface area contributed by atoms with Crippen molar-refractivity contribution in [2.45, 2.75) is 57.0 Å². The van der Waals surface area contributed by atoms with Crippen molar-refractivity contribution < 1.29 is 14.7 Å². The molecule has 1 unspecified atom stereocenters. The number of nitriles is 1. The van der Waals surface area contributed by atoms with Crippen LogP contribution in [0.1, 0.15) is 61.3 Å². The molecule has 3 N–H and O–H groups in total. The van der Waals surface area contributed by atoms with E-state index in [1.54, 1.807) is 36.7 Å². The van der Waals surface area contributed by atoms with Crippen molar-refractivity contribution in [3.8, 4) is 17.3 Å². The van der Waals surface area contributed by atoms with Gasteiger partial charge in [-0.1, -0.05) is 12.8 Å². The predicted molar refractivity (Wildman–Crippen MR) is 144 cm³/mol. The van der Waals surface area contributed by atoms with Crippen LogP contribution in [0, 0.1) is 17.2 Å². The quantitative estimate of drug-likeness (QED) is 0.384. The summed E-state index contributed by atoms with van der Waals surface area (Å²) in [4.78, 5) is 34.1. The average Bonchev–Trinajstić information content (AvgIpc) is 3.66. The number of carbonyl (C=O) groups is 2. The molecule has 2 fully saturated rings. The van der Waals surface area contributed by atoms with Gasteiger partial charge in [-0.2, -0.15) is 10.4 Å². The molecule has 1 aromatic carbocycles. The largest absolute Gasteiger partial charge is 0.465 e. The van der Waals surface area contributed by atoms with E-state index in [0.29, 0.717) is 49.8 Å². The number of rotatable bonds is 8. The van der Waals surface area contributed by atoms with E-state index in [4.69, 9.17) is 5.11 Å². The van der Waals surface area contributed by atoms with Gasteiger partial charge >= 0.3 is 6.09 Å². The van der Waals surface area contributed by atoms with Gasteiger partial charge < -0.3 is 20.6 Å². The van der Waals surface area contributed by atoms with Gasteiger partial charge in [0.05, 0.1) is 30.4 Å². The summed E-state index contributed by atoms with van der Waals surface area (Å²) < 4.78 is 1.92. The Morgan fingerprint density at radius 1 is 1.10 bits per heavy atom. The first-order chi connectivity index (χ1) is 19.0. The van der Waals surface area contributed by atoms with E-state index in [-0.39, 0.29) is 18.0 Å². The van der Waals surface area contributed by atoms with Gasteiger partial charge in [-0.3, -0.25) is 9.48 Å². The topological polar surface area (TPSA) is 149 Å². The van der Waals surface area contributed by atoms with Crippen LogP contribution in [0.25, 0.3) is 11.3 Å². The van der Waals surface area contributed by atoms with Crippen molar-refractivity contribution in [3.63, 3.8) is 0 Å². The summed E-state index contributed by atoms with van der Waals surface area (Å²) in [5, 5.41) is 29.2. The highest BCUT2D eigenvalue weighted by Crippen LogP contribution is 2.36. The molecule has 0 spiro atoms. The third-order valence-electron chi connectivity index (χ3n) is 7.64. The minimum Gasteiger partial charge on any atom is -0.465 e. The number of nitrogens with one attached hydrogen (secondary N) is 2. The normalized spacial score (nSPS) is 16.9. The van der Waals surface area contributed by atoms with Gasteiger partial charge in [0.2, 0.25) is 5.95 Å². The summed E-state index contributed by atoms with van der Waals surface area (Å²) >= 11 is 0. The first-order valence-corrected chi connectivity index (χ1v) is 13.4.